The summed E-state index contributed by atoms with van der Waals surface area (Å²) in [4.78, 5) is 0. The van der Waals surface area contributed by atoms with Crippen LogP contribution >= 0.6 is 0 Å². The fourth-order valence-corrected chi connectivity index (χ4v) is 7.35. The molecule has 0 radical (unpaired) electrons. The summed E-state index contributed by atoms with van der Waals surface area (Å²) >= 11 is 0. The zero-order valence-electron chi connectivity index (χ0n) is 33.8. The minimum Gasteiger partial charge on any atom is -0.0616 e. The molecule has 0 atom stereocenters. The van der Waals surface area contributed by atoms with Crippen molar-refractivity contribution in [2.24, 2.45) is 0 Å². The molecular formula is C58H48. The zero-order chi connectivity index (χ0) is 39.8. The highest BCUT2D eigenvalue weighted by molar-refractivity contribution is 5.98. The first-order chi connectivity index (χ1) is 28.3. The molecule has 0 aliphatic heterocycles. The fourth-order valence-electron chi connectivity index (χ4n) is 7.35. The molecule has 0 aliphatic rings. The second kappa shape index (κ2) is 17.4. The third kappa shape index (κ3) is 9.15. The fraction of sp³-hybridized carbons (Fsp3) is 0.0690. The molecule has 8 aromatic carbocycles. The van der Waals surface area contributed by atoms with Gasteiger partial charge in [-0.15, -0.1) is 0 Å². The Bertz CT molecular complexity index is 2670. The Kier molecular flexibility index (Phi) is 11.4. The van der Waals surface area contributed by atoms with Crippen molar-refractivity contribution >= 4 is 58.4 Å². The van der Waals surface area contributed by atoms with Crippen LogP contribution in [0.5, 0.6) is 0 Å². The monoisotopic (exact) mass is 744 g/mol. The third-order valence-corrected chi connectivity index (χ3v) is 10.8. The van der Waals surface area contributed by atoms with Gasteiger partial charge in [-0.1, -0.05) is 229 Å². The predicted octanol–water partition coefficient (Wildman–Crippen LogP) is 15.6. The maximum atomic E-state index is 2.30. The molecule has 0 bridgehead atoms. The molecule has 0 heteroatoms. The largest absolute Gasteiger partial charge is 0.0616 e. The van der Waals surface area contributed by atoms with E-state index in [1.807, 2.05) is 0 Å². The van der Waals surface area contributed by atoms with Crippen molar-refractivity contribution < 1.29 is 0 Å². The number of benzene rings is 8. The molecule has 0 aromatic heterocycles. The van der Waals surface area contributed by atoms with Crippen LogP contribution in [0.4, 0.5) is 0 Å². The summed E-state index contributed by atoms with van der Waals surface area (Å²) in [5.74, 6) is 0. The standard InChI is InChI=1S/C58H48/c1-41-9-27-51(28-10-41)57(52-29-11-42(2)12-30-52)39-47-21-17-45(18-22-47)25-35-50-37-36-49-7-5-6-8-55(49)56(50)38-26-46-19-23-48(24-20-46)40-58(53-31-13-43(3)14-32-53)54-33-15-44(4)16-34-54/h5-40H,1-4H3/b35-25+,38-26+. The van der Waals surface area contributed by atoms with Gasteiger partial charge in [0, 0.05) is 0 Å². The zero-order valence-corrected chi connectivity index (χ0v) is 33.8. The Labute approximate surface area is 344 Å². The Balaban J connectivity index is 1.06. The number of hydrogen-bond donors (Lipinski definition) is 0. The van der Waals surface area contributed by atoms with E-state index in [9.17, 15) is 0 Å². The summed E-state index contributed by atoms with van der Waals surface area (Å²) in [7, 11) is 0. The SMILES string of the molecule is Cc1ccc(C(=Cc2ccc(/C=C/c3ccc4ccccc4c3/C=C/c3ccc(C=C(c4ccc(C)cc4)c4ccc(C)cc4)cc3)cc2)c2ccc(C)cc2)cc1. The normalized spacial score (nSPS) is 11.3. The van der Waals surface area contributed by atoms with E-state index in [1.165, 1.54) is 88.7 Å². The topological polar surface area (TPSA) is 0 Å². The van der Waals surface area contributed by atoms with Crippen molar-refractivity contribution in [1.29, 1.82) is 0 Å². The second-order valence-corrected chi connectivity index (χ2v) is 15.4. The van der Waals surface area contributed by atoms with Gasteiger partial charge in [0.15, 0.2) is 0 Å². The first-order valence-corrected chi connectivity index (χ1v) is 20.1. The Morgan fingerprint density at radius 3 is 1.09 bits per heavy atom. The molecule has 0 unspecified atom stereocenters. The summed E-state index contributed by atoms with van der Waals surface area (Å²) in [5.41, 5.74) is 19.4. The molecule has 0 saturated carbocycles. The molecular weight excluding hydrogens is 697 g/mol. The van der Waals surface area contributed by atoms with Crippen molar-refractivity contribution in [1.82, 2.24) is 0 Å². The molecule has 0 heterocycles. The van der Waals surface area contributed by atoms with Crippen LogP contribution in [0.15, 0.2) is 182 Å². The van der Waals surface area contributed by atoms with Crippen molar-refractivity contribution in [2.45, 2.75) is 27.7 Å². The molecule has 8 aromatic rings. The van der Waals surface area contributed by atoms with Crippen LogP contribution < -0.4 is 0 Å². The summed E-state index contributed by atoms with van der Waals surface area (Å²) in [6, 6.07) is 66.0. The number of hydrogen-bond acceptors (Lipinski definition) is 0. The van der Waals surface area contributed by atoms with Gasteiger partial charge in [0.05, 0.1) is 0 Å². The van der Waals surface area contributed by atoms with Crippen LogP contribution in [0, 0.1) is 27.7 Å². The molecule has 0 aliphatic carbocycles. The van der Waals surface area contributed by atoms with Crippen LogP contribution in [-0.4, -0.2) is 0 Å². The summed E-state index contributed by atoms with van der Waals surface area (Å²) in [6.45, 7) is 8.54. The Morgan fingerprint density at radius 1 is 0.310 bits per heavy atom. The molecule has 0 fully saturated rings. The van der Waals surface area contributed by atoms with E-state index in [4.69, 9.17) is 0 Å². The molecule has 0 nitrogen and oxygen atoms in total. The van der Waals surface area contributed by atoms with E-state index in [1.54, 1.807) is 0 Å². The molecule has 280 valence electrons. The van der Waals surface area contributed by atoms with Gasteiger partial charge in [-0.3, -0.25) is 0 Å². The van der Waals surface area contributed by atoms with E-state index < -0.39 is 0 Å². The lowest BCUT2D eigenvalue weighted by molar-refractivity contribution is 1.43. The van der Waals surface area contributed by atoms with Crippen LogP contribution in [0.1, 0.15) is 77.9 Å². The van der Waals surface area contributed by atoms with Gasteiger partial charge in [-0.05, 0) is 117 Å². The first kappa shape index (κ1) is 37.9. The van der Waals surface area contributed by atoms with E-state index in [0.29, 0.717) is 0 Å². The number of rotatable bonds is 10. The molecule has 0 N–H and O–H groups in total. The minimum atomic E-state index is 1.16. The maximum Gasteiger partial charge on any atom is -0.0105 e. The lowest BCUT2D eigenvalue weighted by Crippen LogP contribution is -1.89. The van der Waals surface area contributed by atoms with Gasteiger partial charge < -0.3 is 0 Å². The van der Waals surface area contributed by atoms with Gasteiger partial charge in [-0.2, -0.15) is 0 Å². The number of aryl methyl sites for hydroxylation is 4. The molecule has 0 saturated heterocycles. The van der Waals surface area contributed by atoms with Gasteiger partial charge in [0.25, 0.3) is 0 Å². The van der Waals surface area contributed by atoms with Crippen LogP contribution in [-0.2, 0) is 0 Å². The van der Waals surface area contributed by atoms with Crippen molar-refractivity contribution in [3.05, 3.63) is 260 Å². The van der Waals surface area contributed by atoms with Crippen LogP contribution in [0.25, 0.3) is 58.4 Å². The maximum absolute atomic E-state index is 2.30. The predicted molar refractivity (Wildman–Crippen MR) is 253 cm³/mol. The average Bonchev–Trinajstić information content (AvgIpc) is 3.25. The molecule has 0 spiro atoms. The van der Waals surface area contributed by atoms with Gasteiger partial charge >= 0.3 is 0 Å². The van der Waals surface area contributed by atoms with E-state index in [-0.39, 0.29) is 0 Å². The van der Waals surface area contributed by atoms with Crippen molar-refractivity contribution in [3.63, 3.8) is 0 Å². The first-order valence-electron chi connectivity index (χ1n) is 20.1. The third-order valence-electron chi connectivity index (χ3n) is 10.8. The van der Waals surface area contributed by atoms with Crippen molar-refractivity contribution in [3.8, 4) is 0 Å². The molecule has 58 heavy (non-hydrogen) atoms. The van der Waals surface area contributed by atoms with Crippen LogP contribution in [0.3, 0.4) is 0 Å². The Hall–Kier alpha value is -7.02. The van der Waals surface area contributed by atoms with E-state index >= 15 is 0 Å². The quantitative estimate of drug-likeness (QED) is 0.122. The lowest BCUT2D eigenvalue weighted by atomic mass is 9.94. The van der Waals surface area contributed by atoms with E-state index in [2.05, 4.69) is 246 Å². The second-order valence-electron chi connectivity index (χ2n) is 15.4. The highest BCUT2D eigenvalue weighted by Crippen LogP contribution is 2.30. The highest BCUT2D eigenvalue weighted by atomic mass is 14.1. The van der Waals surface area contributed by atoms with Gasteiger partial charge in [-0.25, -0.2) is 0 Å². The Morgan fingerprint density at radius 2 is 0.672 bits per heavy atom. The van der Waals surface area contributed by atoms with Gasteiger partial charge in [0.2, 0.25) is 0 Å². The van der Waals surface area contributed by atoms with Gasteiger partial charge in [0.1, 0.15) is 0 Å². The smallest absolute Gasteiger partial charge is 0.0105 e. The molecule has 0 amide bonds. The summed E-state index contributed by atoms with van der Waals surface area (Å²) < 4.78 is 0. The highest BCUT2D eigenvalue weighted by Gasteiger charge is 2.09. The lowest BCUT2D eigenvalue weighted by Gasteiger charge is -2.11. The summed E-state index contributed by atoms with van der Waals surface area (Å²) in [5, 5.41) is 2.47. The minimum absolute atomic E-state index is 1.16. The number of fused-ring (bicyclic) bond motifs is 1. The average molecular weight is 745 g/mol. The van der Waals surface area contributed by atoms with E-state index in [0.717, 1.165) is 11.1 Å². The van der Waals surface area contributed by atoms with Crippen molar-refractivity contribution in [2.75, 3.05) is 0 Å². The molecule has 8 rings (SSSR count). The summed E-state index contributed by atoms with van der Waals surface area (Å²) in [6.07, 6.45) is 13.6. The van der Waals surface area contributed by atoms with Crippen LogP contribution in [0.2, 0.25) is 0 Å².